The molecule has 0 aromatic heterocycles. The van der Waals surface area contributed by atoms with E-state index in [0.717, 1.165) is 26.9 Å². The van der Waals surface area contributed by atoms with Gasteiger partial charge in [-0.15, -0.1) is 0 Å². The van der Waals surface area contributed by atoms with Crippen LogP contribution < -0.4 is 4.72 Å². The van der Waals surface area contributed by atoms with Crippen molar-refractivity contribution in [3.8, 4) is 0 Å². The minimum Gasteiger partial charge on any atom is -0.274 e. The Bertz CT molecular complexity index is 1030. The van der Waals surface area contributed by atoms with Gasteiger partial charge in [-0.1, -0.05) is 103 Å². The van der Waals surface area contributed by atoms with Gasteiger partial charge in [0, 0.05) is 21.6 Å². The average molecular weight is 526 g/mol. The number of nitrogens with zero attached hydrogens (tertiary/aromatic N) is 1. The largest absolute Gasteiger partial charge is 0.274 e. The van der Waals surface area contributed by atoms with Crippen LogP contribution in [0.1, 0.15) is 57.4 Å². The number of nitrogens with one attached hydrogen (secondary N) is 1. The van der Waals surface area contributed by atoms with Crippen LogP contribution in [0.2, 0.25) is 0 Å². The van der Waals surface area contributed by atoms with Gasteiger partial charge >= 0.3 is 0 Å². The predicted octanol–water partition coefficient (Wildman–Crippen LogP) is 7.10. The Morgan fingerprint density at radius 2 is 1.33 bits per heavy atom. The van der Waals surface area contributed by atoms with Crippen molar-refractivity contribution in [3.05, 3.63) is 106 Å². The third-order valence-corrected chi connectivity index (χ3v) is 7.56. The van der Waals surface area contributed by atoms with Crippen molar-refractivity contribution in [2.24, 2.45) is 10.9 Å². The maximum atomic E-state index is 13.1. The molecule has 0 spiro atoms. The van der Waals surface area contributed by atoms with E-state index in [1.165, 1.54) is 0 Å². The molecule has 3 nitrogen and oxygen atoms in total. The summed E-state index contributed by atoms with van der Waals surface area (Å²) < 4.78 is 17.2. The monoisotopic (exact) mass is 524 g/mol. The van der Waals surface area contributed by atoms with E-state index in [2.05, 4.69) is 70.9 Å². The van der Waals surface area contributed by atoms with E-state index in [4.69, 9.17) is 4.99 Å². The fourth-order valence-corrected chi connectivity index (χ4v) is 4.80. The molecule has 3 atom stereocenters. The molecule has 3 rings (SSSR count). The highest BCUT2D eigenvalue weighted by Crippen LogP contribution is 2.30. The Labute approximate surface area is 209 Å². The van der Waals surface area contributed by atoms with Crippen molar-refractivity contribution in [2.75, 3.05) is 0 Å². The number of aliphatic imine (C=N–C) groups is 1. The molecule has 33 heavy (non-hydrogen) atoms. The first kappa shape index (κ1) is 25.5. The van der Waals surface area contributed by atoms with E-state index in [0.29, 0.717) is 0 Å². The fourth-order valence-electron chi connectivity index (χ4n) is 3.53. The molecule has 0 aliphatic carbocycles. The molecule has 0 amide bonds. The molecular weight excluding hydrogens is 492 g/mol. The number of hydrogen-bond donors (Lipinski definition) is 1. The highest BCUT2D eigenvalue weighted by Gasteiger charge is 2.31. The van der Waals surface area contributed by atoms with Gasteiger partial charge in [-0.3, -0.25) is 4.99 Å². The molecule has 174 valence electrons. The van der Waals surface area contributed by atoms with Crippen LogP contribution in [-0.4, -0.2) is 20.7 Å². The summed E-state index contributed by atoms with van der Waals surface area (Å²) in [5.74, 6) is 0.210. The molecule has 0 aliphatic heterocycles. The number of rotatable bonds is 8. The number of hydrogen-bond acceptors (Lipinski definition) is 2. The summed E-state index contributed by atoms with van der Waals surface area (Å²) in [6.07, 6.45) is 0. The second kappa shape index (κ2) is 11.4. The molecule has 0 saturated heterocycles. The van der Waals surface area contributed by atoms with Crippen molar-refractivity contribution >= 4 is 32.6 Å². The first-order valence-corrected chi connectivity index (χ1v) is 13.2. The Morgan fingerprint density at radius 1 is 0.848 bits per heavy atom. The van der Waals surface area contributed by atoms with Crippen LogP contribution in [0.5, 0.6) is 0 Å². The standard InChI is InChI=1S/C28H33BrN2OS/c1-20(2)25(31-33(32)28(3,4)5)27(23-16-18-24(29)19-17-23)30-26(21-12-8-6-9-13-21)22-14-10-7-11-15-22/h6-20,25,27,31H,1-5H3/t25-,27+,33-/m1/s1. The van der Waals surface area contributed by atoms with Crippen LogP contribution in [0.4, 0.5) is 0 Å². The summed E-state index contributed by atoms with van der Waals surface area (Å²) in [6.45, 7) is 10.3. The molecule has 0 aliphatic rings. The van der Waals surface area contributed by atoms with E-state index in [1.807, 2.05) is 69.3 Å². The Kier molecular flexibility index (Phi) is 8.80. The second-order valence-electron chi connectivity index (χ2n) is 9.47. The average Bonchev–Trinajstić information content (AvgIpc) is 2.79. The normalized spacial score (nSPS) is 14.5. The lowest BCUT2D eigenvalue weighted by atomic mass is 9.91. The van der Waals surface area contributed by atoms with E-state index in [1.54, 1.807) is 0 Å². The summed E-state index contributed by atoms with van der Waals surface area (Å²) in [6, 6.07) is 28.5. The lowest BCUT2D eigenvalue weighted by Gasteiger charge is -2.32. The van der Waals surface area contributed by atoms with Crippen LogP contribution in [0.25, 0.3) is 0 Å². The zero-order chi connectivity index (χ0) is 24.0. The van der Waals surface area contributed by atoms with Crippen molar-refractivity contribution in [1.29, 1.82) is 0 Å². The zero-order valence-electron chi connectivity index (χ0n) is 20.0. The first-order chi connectivity index (χ1) is 15.7. The smallest absolute Gasteiger partial charge is 0.0973 e. The summed E-state index contributed by atoms with van der Waals surface area (Å²) >= 11 is 3.55. The molecule has 0 saturated carbocycles. The molecule has 0 fully saturated rings. The molecule has 5 heteroatoms. The summed E-state index contributed by atoms with van der Waals surface area (Å²) in [5, 5.41) is 0. The zero-order valence-corrected chi connectivity index (χ0v) is 22.4. The Morgan fingerprint density at radius 3 is 1.76 bits per heavy atom. The lowest BCUT2D eigenvalue weighted by Crippen LogP contribution is -2.45. The molecule has 3 aromatic carbocycles. The van der Waals surface area contributed by atoms with Gasteiger partial charge in [0.25, 0.3) is 0 Å². The third kappa shape index (κ3) is 6.95. The SMILES string of the molecule is CC(C)[C@@H](N[S@](=O)C(C)(C)C)[C@@H](N=C(c1ccccc1)c1ccccc1)c1ccc(Br)cc1. The van der Waals surface area contributed by atoms with Crippen molar-refractivity contribution in [3.63, 3.8) is 0 Å². The van der Waals surface area contributed by atoms with Crippen molar-refractivity contribution < 1.29 is 4.21 Å². The predicted molar refractivity (Wildman–Crippen MR) is 145 cm³/mol. The van der Waals surface area contributed by atoms with E-state index < -0.39 is 11.0 Å². The third-order valence-electron chi connectivity index (χ3n) is 5.43. The molecule has 0 bridgehead atoms. The Hall–Kier alpha value is -2.08. The van der Waals surface area contributed by atoms with Gasteiger partial charge in [0.05, 0.1) is 27.5 Å². The number of halogens is 1. The molecule has 0 unspecified atom stereocenters. The minimum atomic E-state index is -1.22. The van der Waals surface area contributed by atoms with Crippen molar-refractivity contribution in [2.45, 2.75) is 51.4 Å². The molecule has 0 radical (unpaired) electrons. The molecular formula is C28H33BrN2OS. The van der Waals surface area contributed by atoms with Gasteiger partial charge in [-0.05, 0) is 44.4 Å². The molecule has 1 N–H and O–H groups in total. The quantitative estimate of drug-likeness (QED) is 0.313. The second-order valence-corrected chi connectivity index (χ2v) is 12.4. The maximum absolute atomic E-state index is 13.1. The van der Waals surface area contributed by atoms with Crippen LogP contribution in [0, 0.1) is 5.92 Å². The van der Waals surface area contributed by atoms with Crippen molar-refractivity contribution in [1.82, 2.24) is 4.72 Å². The van der Waals surface area contributed by atoms with E-state index in [-0.39, 0.29) is 22.7 Å². The van der Waals surface area contributed by atoms with Gasteiger partial charge in [0.1, 0.15) is 0 Å². The van der Waals surface area contributed by atoms with Crippen LogP contribution in [-0.2, 0) is 11.0 Å². The fraction of sp³-hybridized carbons (Fsp3) is 0.321. The van der Waals surface area contributed by atoms with Crippen LogP contribution >= 0.6 is 15.9 Å². The lowest BCUT2D eigenvalue weighted by molar-refractivity contribution is 0.395. The van der Waals surface area contributed by atoms with Crippen LogP contribution in [0.15, 0.2) is 94.4 Å². The maximum Gasteiger partial charge on any atom is 0.0973 e. The molecule has 3 aromatic rings. The van der Waals surface area contributed by atoms with Gasteiger partial charge in [0.15, 0.2) is 0 Å². The minimum absolute atomic E-state index is 0.117. The highest BCUT2D eigenvalue weighted by molar-refractivity contribution is 9.10. The first-order valence-electron chi connectivity index (χ1n) is 11.3. The van der Waals surface area contributed by atoms with Gasteiger partial charge in [0.2, 0.25) is 0 Å². The van der Waals surface area contributed by atoms with Gasteiger partial charge in [-0.25, -0.2) is 8.93 Å². The summed E-state index contributed by atoms with van der Waals surface area (Å²) in [7, 11) is -1.22. The van der Waals surface area contributed by atoms with Crippen LogP contribution in [0.3, 0.4) is 0 Å². The van der Waals surface area contributed by atoms with E-state index in [9.17, 15) is 4.21 Å². The summed E-state index contributed by atoms with van der Waals surface area (Å²) in [5.41, 5.74) is 4.13. The van der Waals surface area contributed by atoms with Gasteiger partial charge < -0.3 is 0 Å². The number of benzene rings is 3. The molecule has 0 heterocycles. The van der Waals surface area contributed by atoms with Gasteiger partial charge in [-0.2, -0.15) is 0 Å². The Balaban J connectivity index is 2.19. The highest BCUT2D eigenvalue weighted by atomic mass is 79.9. The topological polar surface area (TPSA) is 41.5 Å². The summed E-state index contributed by atoms with van der Waals surface area (Å²) in [4.78, 5) is 5.38. The van der Waals surface area contributed by atoms with E-state index >= 15 is 0 Å².